The molecule has 0 unspecified atom stereocenters. The van der Waals surface area contributed by atoms with Crippen molar-refractivity contribution in [1.82, 2.24) is 0 Å². The van der Waals surface area contributed by atoms with Gasteiger partial charge in [-0.1, -0.05) is 241 Å². The maximum absolute atomic E-state index is 2.49. The molecule has 0 heterocycles. The topological polar surface area (TPSA) is 0 Å². The third kappa shape index (κ3) is 6.54. The standard InChI is InChI=1S/C66H62/c1-63(2,3)43-33-41(34-44(37-43)64(4,5)6)47-27-28-48(42-35-45(65(7,8)9)38-46(36-42)66(10,11)12)58-52-30-32-54-60-53(31-29-51(57(47)58)59(52)60)61-55(39-21-15-13-16-22-39)49-25-19-20-26-50(49)56(62(54)61)40-23-17-14-18-24-40/h13-38H,1-12H3. The fourth-order valence-electron chi connectivity index (χ4n) is 11.1. The Hall–Kier alpha value is -6.50. The van der Waals surface area contributed by atoms with Crippen molar-refractivity contribution in [3.63, 3.8) is 0 Å². The summed E-state index contributed by atoms with van der Waals surface area (Å²) >= 11 is 0. The van der Waals surface area contributed by atoms with Crippen molar-refractivity contribution in [1.29, 1.82) is 0 Å². The Morgan fingerprint density at radius 1 is 0.227 bits per heavy atom. The highest BCUT2D eigenvalue weighted by atomic mass is 14.4. The van der Waals surface area contributed by atoms with E-state index in [9.17, 15) is 0 Å². The summed E-state index contributed by atoms with van der Waals surface area (Å²) < 4.78 is 0. The molecule has 2 aliphatic carbocycles. The first kappa shape index (κ1) is 42.2. The highest BCUT2D eigenvalue weighted by molar-refractivity contribution is 6.33. The largest absolute Gasteiger partial charge is 0.0622 e. The van der Waals surface area contributed by atoms with E-state index in [1.165, 1.54) is 133 Å². The van der Waals surface area contributed by atoms with Crippen molar-refractivity contribution in [3.05, 3.63) is 180 Å². The summed E-state index contributed by atoms with van der Waals surface area (Å²) in [6, 6.07) is 61.0. The number of rotatable bonds is 4. The van der Waals surface area contributed by atoms with Crippen LogP contribution in [0.3, 0.4) is 0 Å². The van der Waals surface area contributed by atoms with Gasteiger partial charge in [-0.15, -0.1) is 0 Å². The maximum Gasteiger partial charge on any atom is -0.000740 e. The van der Waals surface area contributed by atoms with Gasteiger partial charge in [-0.25, -0.2) is 0 Å². The van der Waals surface area contributed by atoms with Crippen LogP contribution in [0.2, 0.25) is 0 Å². The second kappa shape index (κ2) is 14.5. The molecule has 11 rings (SSSR count). The van der Waals surface area contributed by atoms with Crippen LogP contribution in [0.5, 0.6) is 0 Å². The molecule has 0 bridgehead atoms. The Balaban J connectivity index is 1.28. The van der Waals surface area contributed by atoms with Gasteiger partial charge in [-0.05, 0) is 154 Å². The molecule has 0 amide bonds. The minimum Gasteiger partial charge on any atom is -0.0622 e. The molecule has 0 N–H and O–H groups in total. The SMILES string of the molecule is CC(C)(C)c1cc(-c2ccc(-c3cc(C(C)(C)C)cc(C(C)(C)C)c3)c3c2-c2ccc4c5c(ccc-3c25)-c2c-4c(-c3ccccc3)c3ccccc3c2-c2ccccc2)cc(C(C)(C)C)c1. The second-order valence-corrected chi connectivity index (χ2v) is 23.4. The summed E-state index contributed by atoms with van der Waals surface area (Å²) in [7, 11) is 0. The minimum absolute atomic E-state index is 0.0103. The second-order valence-electron chi connectivity index (χ2n) is 23.4. The van der Waals surface area contributed by atoms with E-state index in [2.05, 4.69) is 241 Å². The molecule has 0 fully saturated rings. The fraction of sp³-hybridized carbons (Fsp3) is 0.242. The van der Waals surface area contributed by atoms with Crippen LogP contribution in [0.1, 0.15) is 105 Å². The lowest BCUT2D eigenvalue weighted by atomic mass is 9.77. The van der Waals surface area contributed by atoms with Gasteiger partial charge in [0.2, 0.25) is 0 Å². The molecule has 0 aromatic heterocycles. The summed E-state index contributed by atoms with van der Waals surface area (Å²) in [5.41, 5.74) is 26.5. The zero-order valence-corrected chi connectivity index (χ0v) is 41.0. The van der Waals surface area contributed by atoms with Crippen LogP contribution in [0, 0.1) is 0 Å². The summed E-state index contributed by atoms with van der Waals surface area (Å²) in [5, 5.41) is 5.32. The van der Waals surface area contributed by atoms with Crippen LogP contribution >= 0.6 is 0 Å². The van der Waals surface area contributed by atoms with Crippen molar-refractivity contribution < 1.29 is 0 Å². The normalized spacial score (nSPS) is 13.2. The van der Waals surface area contributed by atoms with E-state index < -0.39 is 0 Å². The highest BCUT2D eigenvalue weighted by Crippen LogP contribution is 2.63. The van der Waals surface area contributed by atoms with Crippen LogP contribution in [0.25, 0.3) is 111 Å². The van der Waals surface area contributed by atoms with Gasteiger partial charge < -0.3 is 0 Å². The van der Waals surface area contributed by atoms with E-state index in [1.807, 2.05) is 0 Å². The Kier molecular flexibility index (Phi) is 9.26. The molecule has 0 spiro atoms. The molecule has 2 aliphatic rings. The molecule has 66 heavy (non-hydrogen) atoms. The lowest BCUT2D eigenvalue weighted by Gasteiger charge is -2.28. The van der Waals surface area contributed by atoms with Crippen molar-refractivity contribution in [2.75, 3.05) is 0 Å². The summed E-state index contributed by atoms with van der Waals surface area (Å²) in [5.74, 6) is 0. The number of benzene rings is 9. The molecule has 0 atom stereocenters. The quantitative estimate of drug-likeness (QED) is 0.165. The smallest absolute Gasteiger partial charge is 0.000740 e. The molecular weight excluding hydrogens is 793 g/mol. The summed E-state index contributed by atoms with van der Waals surface area (Å²) in [6.45, 7) is 28.2. The Morgan fingerprint density at radius 3 is 0.803 bits per heavy atom. The Bertz CT molecular complexity index is 3160. The van der Waals surface area contributed by atoms with E-state index >= 15 is 0 Å². The third-order valence-electron chi connectivity index (χ3n) is 14.7. The van der Waals surface area contributed by atoms with Gasteiger partial charge in [-0.3, -0.25) is 0 Å². The van der Waals surface area contributed by atoms with Gasteiger partial charge >= 0.3 is 0 Å². The number of fused-ring (bicyclic) bond motifs is 7. The maximum atomic E-state index is 2.49. The summed E-state index contributed by atoms with van der Waals surface area (Å²) in [6.07, 6.45) is 0. The van der Waals surface area contributed by atoms with Crippen molar-refractivity contribution in [2.45, 2.75) is 105 Å². The van der Waals surface area contributed by atoms with Crippen LogP contribution < -0.4 is 0 Å². The molecule has 0 saturated heterocycles. The molecule has 9 aromatic rings. The van der Waals surface area contributed by atoms with E-state index in [1.54, 1.807) is 0 Å². The lowest BCUT2D eigenvalue weighted by molar-refractivity contribution is 0.568. The molecule has 0 radical (unpaired) electrons. The molecule has 326 valence electrons. The predicted octanol–water partition coefficient (Wildman–Crippen LogP) is 19.1. The molecule has 0 nitrogen and oxygen atoms in total. The molecule has 0 aliphatic heterocycles. The van der Waals surface area contributed by atoms with E-state index in [4.69, 9.17) is 0 Å². The van der Waals surface area contributed by atoms with Crippen LogP contribution in [-0.4, -0.2) is 0 Å². The van der Waals surface area contributed by atoms with Crippen LogP contribution in [-0.2, 0) is 21.7 Å². The first-order valence-corrected chi connectivity index (χ1v) is 24.1. The van der Waals surface area contributed by atoms with Crippen molar-refractivity contribution >= 4 is 21.5 Å². The van der Waals surface area contributed by atoms with Gasteiger partial charge in [0.25, 0.3) is 0 Å². The lowest BCUT2D eigenvalue weighted by Crippen LogP contribution is -2.16. The molecule has 9 aromatic carbocycles. The Morgan fingerprint density at radius 2 is 0.500 bits per heavy atom. The van der Waals surface area contributed by atoms with Crippen LogP contribution in [0.15, 0.2) is 158 Å². The summed E-state index contributed by atoms with van der Waals surface area (Å²) in [4.78, 5) is 0. The van der Waals surface area contributed by atoms with E-state index in [-0.39, 0.29) is 21.7 Å². The van der Waals surface area contributed by atoms with Gasteiger partial charge in [0.1, 0.15) is 0 Å². The zero-order valence-electron chi connectivity index (χ0n) is 41.0. The fourth-order valence-corrected chi connectivity index (χ4v) is 11.1. The third-order valence-corrected chi connectivity index (χ3v) is 14.7. The zero-order chi connectivity index (χ0) is 46.2. The number of hydrogen-bond acceptors (Lipinski definition) is 0. The van der Waals surface area contributed by atoms with Gasteiger partial charge in [0, 0.05) is 0 Å². The van der Waals surface area contributed by atoms with E-state index in [0.717, 1.165) is 0 Å². The average molecular weight is 855 g/mol. The molecule has 0 heteroatoms. The highest BCUT2D eigenvalue weighted by Gasteiger charge is 2.37. The minimum atomic E-state index is -0.0103. The first-order chi connectivity index (χ1) is 31.3. The Labute approximate surface area is 393 Å². The molecule has 0 saturated carbocycles. The first-order valence-electron chi connectivity index (χ1n) is 24.1. The molecular formula is C66H62. The van der Waals surface area contributed by atoms with Gasteiger partial charge in [0.05, 0.1) is 0 Å². The monoisotopic (exact) mass is 854 g/mol. The van der Waals surface area contributed by atoms with Gasteiger partial charge in [-0.2, -0.15) is 0 Å². The van der Waals surface area contributed by atoms with Crippen molar-refractivity contribution in [3.8, 4) is 89.0 Å². The number of hydrogen-bond donors (Lipinski definition) is 0. The average Bonchev–Trinajstić information content (AvgIpc) is 3.80. The van der Waals surface area contributed by atoms with E-state index in [0.29, 0.717) is 0 Å². The predicted molar refractivity (Wildman–Crippen MR) is 287 cm³/mol. The van der Waals surface area contributed by atoms with Gasteiger partial charge in [0.15, 0.2) is 0 Å². The van der Waals surface area contributed by atoms with Crippen molar-refractivity contribution in [2.24, 2.45) is 0 Å². The van der Waals surface area contributed by atoms with Crippen LogP contribution in [0.4, 0.5) is 0 Å².